The Labute approximate surface area is 71.2 Å². The van der Waals surface area contributed by atoms with Crippen LogP contribution >= 0.6 is 0 Å². The van der Waals surface area contributed by atoms with E-state index in [0.717, 1.165) is 0 Å². The van der Waals surface area contributed by atoms with Gasteiger partial charge in [-0.2, -0.15) is 0 Å². The summed E-state index contributed by atoms with van der Waals surface area (Å²) in [5, 5.41) is 17.7. The van der Waals surface area contributed by atoms with Crippen LogP contribution in [-0.4, -0.2) is 34.5 Å². The van der Waals surface area contributed by atoms with Crippen molar-refractivity contribution in [1.82, 2.24) is 0 Å². The topological polar surface area (TPSA) is 66.8 Å². The van der Waals surface area contributed by atoms with Crippen molar-refractivity contribution < 1.29 is 19.7 Å². The molecule has 70 valence electrons. The lowest BCUT2D eigenvalue weighted by atomic mass is 9.93. The van der Waals surface area contributed by atoms with Gasteiger partial charge in [0, 0.05) is 5.92 Å². The van der Waals surface area contributed by atoms with Gasteiger partial charge >= 0.3 is 5.97 Å². The predicted octanol–water partition coefficient (Wildman–Crippen LogP) is 0.247. The second-order valence-electron chi connectivity index (χ2n) is 3.82. The maximum absolute atomic E-state index is 10.4. The Bertz CT molecular complexity index is 187. The first kappa shape index (κ1) is 9.48. The third-order valence-electron chi connectivity index (χ3n) is 2.14. The first-order valence-electron chi connectivity index (χ1n) is 3.97. The lowest BCUT2D eigenvalue weighted by molar-refractivity contribution is -0.149. The molecule has 1 saturated heterocycles. The van der Waals surface area contributed by atoms with Crippen LogP contribution in [0.2, 0.25) is 0 Å². The molecule has 1 fully saturated rings. The molecule has 0 aromatic rings. The van der Waals surface area contributed by atoms with Crippen molar-refractivity contribution in [3.8, 4) is 0 Å². The van der Waals surface area contributed by atoms with E-state index in [0.29, 0.717) is 13.0 Å². The van der Waals surface area contributed by atoms with Crippen LogP contribution in [0.15, 0.2) is 0 Å². The van der Waals surface area contributed by atoms with Gasteiger partial charge in [-0.1, -0.05) is 0 Å². The monoisotopic (exact) mass is 174 g/mol. The first-order valence-corrected chi connectivity index (χ1v) is 3.97. The molecule has 2 N–H and O–H groups in total. The van der Waals surface area contributed by atoms with Crippen molar-refractivity contribution in [2.24, 2.45) is 5.92 Å². The highest BCUT2D eigenvalue weighted by atomic mass is 16.5. The fraction of sp³-hybridized carbons (Fsp3) is 0.875. The summed E-state index contributed by atoms with van der Waals surface area (Å²) in [6.07, 6.45) is -0.688. The number of carboxylic acid groups (broad SMARTS) is 1. The predicted molar refractivity (Wildman–Crippen MR) is 41.8 cm³/mol. The molecule has 0 spiro atoms. The highest BCUT2D eigenvalue weighted by Gasteiger charge is 2.38. The summed E-state index contributed by atoms with van der Waals surface area (Å²) in [6.45, 7) is 4.11. The van der Waals surface area contributed by atoms with Gasteiger partial charge in [-0.15, -0.1) is 0 Å². The molecule has 0 bridgehead atoms. The Hall–Kier alpha value is -0.610. The highest BCUT2D eigenvalue weighted by molar-refractivity contribution is 5.72. The quantitative estimate of drug-likeness (QED) is 0.629. The Morgan fingerprint density at radius 1 is 1.67 bits per heavy atom. The number of aliphatic hydroxyl groups is 1. The van der Waals surface area contributed by atoms with Gasteiger partial charge in [0.05, 0.1) is 12.2 Å². The summed E-state index contributed by atoms with van der Waals surface area (Å²) in [5.41, 5.74) is -0.291. The largest absolute Gasteiger partial charge is 0.479 e. The molecule has 0 amide bonds. The molecule has 0 aromatic heterocycles. The zero-order chi connectivity index (χ0) is 9.35. The Morgan fingerprint density at radius 3 is 2.58 bits per heavy atom. The van der Waals surface area contributed by atoms with Crippen molar-refractivity contribution in [2.45, 2.75) is 32.0 Å². The summed E-state index contributed by atoms with van der Waals surface area (Å²) in [7, 11) is 0. The van der Waals surface area contributed by atoms with Crippen molar-refractivity contribution >= 4 is 5.97 Å². The molecule has 1 rings (SSSR count). The molecular formula is C8H14O4. The maximum atomic E-state index is 10.4. The van der Waals surface area contributed by atoms with Crippen LogP contribution in [0.5, 0.6) is 0 Å². The standard InChI is InChI=1S/C8H14O4/c1-8(2)3-5(4-12-8)6(9)7(10)11/h5-6,9H,3-4H2,1-2H3,(H,10,11). The molecule has 1 aliphatic heterocycles. The van der Waals surface area contributed by atoms with E-state index in [9.17, 15) is 9.90 Å². The molecule has 12 heavy (non-hydrogen) atoms. The molecule has 1 heterocycles. The minimum Gasteiger partial charge on any atom is -0.479 e. The maximum Gasteiger partial charge on any atom is 0.332 e. The fourth-order valence-electron chi connectivity index (χ4n) is 1.49. The summed E-state index contributed by atoms with van der Waals surface area (Å²) >= 11 is 0. The zero-order valence-corrected chi connectivity index (χ0v) is 7.28. The van der Waals surface area contributed by atoms with Gasteiger partial charge in [0.2, 0.25) is 0 Å². The van der Waals surface area contributed by atoms with Crippen LogP contribution < -0.4 is 0 Å². The molecule has 2 unspecified atom stereocenters. The average molecular weight is 174 g/mol. The molecule has 0 saturated carbocycles. The van der Waals surface area contributed by atoms with Gasteiger partial charge in [0.15, 0.2) is 6.10 Å². The molecule has 4 nitrogen and oxygen atoms in total. The number of rotatable bonds is 2. The lowest BCUT2D eigenvalue weighted by Crippen LogP contribution is -2.30. The van der Waals surface area contributed by atoms with Crippen molar-refractivity contribution in [3.05, 3.63) is 0 Å². The number of aliphatic hydroxyl groups excluding tert-OH is 1. The van der Waals surface area contributed by atoms with E-state index in [-0.39, 0.29) is 11.5 Å². The van der Waals surface area contributed by atoms with Gasteiger partial charge in [-0.05, 0) is 20.3 Å². The summed E-state index contributed by atoms with van der Waals surface area (Å²) in [5.74, 6) is -1.43. The van der Waals surface area contributed by atoms with Crippen LogP contribution in [0.3, 0.4) is 0 Å². The molecule has 0 radical (unpaired) electrons. The molecule has 0 aromatic carbocycles. The van der Waals surface area contributed by atoms with E-state index in [4.69, 9.17) is 9.84 Å². The number of aliphatic carboxylic acids is 1. The molecule has 2 atom stereocenters. The van der Waals surface area contributed by atoms with Crippen molar-refractivity contribution in [1.29, 1.82) is 0 Å². The van der Waals surface area contributed by atoms with Crippen LogP contribution in [0.25, 0.3) is 0 Å². The van der Waals surface area contributed by atoms with Gasteiger partial charge in [0.25, 0.3) is 0 Å². The minimum absolute atomic E-state index is 0.266. The number of hydrogen-bond acceptors (Lipinski definition) is 3. The Morgan fingerprint density at radius 2 is 2.25 bits per heavy atom. The highest BCUT2D eigenvalue weighted by Crippen LogP contribution is 2.31. The number of carboxylic acids is 1. The van der Waals surface area contributed by atoms with E-state index >= 15 is 0 Å². The van der Waals surface area contributed by atoms with Gasteiger partial charge in [-0.3, -0.25) is 0 Å². The summed E-state index contributed by atoms with van der Waals surface area (Å²) in [4.78, 5) is 10.4. The van der Waals surface area contributed by atoms with E-state index < -0.39 is 12.1 Å². The Balaban J connectivity index is 2.52. The Kier molecular flexibility index (Phi) is 2.39. The fourth-order valence-corrected chi connectivity index (χ4v) is 1.49. The lowest BCUT2D eigenvalue weighted by Gasteiger charge is -2.16. The van der Waals surface area contributed by atoms with Gasteiger partial charge < -0.3 is 14.9 Å². The first-order chi connectivity index (χ1) is 5.42. The third-order valence-corrected chi connectivity index (χ3v) is 2.14. The number of ether oxygens (including phenoxy) is 1. The second kappa shape index (κ2) is 3.03. The average Bonchev–Trinajstić information content (AvgIpc) is 2.28. The van der Waals surface area contributed by atoms with E-state index in [1.807, 2.05) is 13.8 Å². The van der Waals surface area contributed by atoms with Crippen molar-refractivity contribution in [3.63, 3.8) is 0 Å². The molecular weight excluding hydrogens is 160 g/mol. The summed E-state index contributed by atoms with van der Waals surface area (Å²) < 4.78 is 5.30. The SMILES string of the molecule is CC1(C)CC(C(O)C(=O)O)CO1. The molecule has 4 heteroatoms. The molecule has 0 aliphatic carbocycles. The van der Waals surface area contributed by atoms with Crippen molar-refractivity contribution in [2.75, 3.05) is 6.61 Å². The van der Waals surface area contributed by atoms with Crippen LogP contribution in [0, 0.1) is 5.92 Å². The van der Waals surface area contributed by atoms with E-state index in [2.05, 4.69) is 0 Å². The number of hydrogen-bond donors (Lipinski definition) is 2. The van der Waals surface area contributed by atoms with Crippen LogP contribution in [0.1, 0.15) is 20.3 Å². The third kappa shape index (κ3) is 1.95. The smallest absolute Gasteiger partial charge is 0.332 e. The van der Waals surface area contributed by atoms with E-state index in [1.54, 1.807) is 0 Å². The van der Waals surface area contributed by atoms with E-state index in [1.165, 1.54) is 0 Å². The molecule has 1 aliphatic rings. The number of carbonyl (C=O) groups is 1. The zero-order valence-electron chi connectivity index (χ0n) is 7.28. The van der Waals surface area contributed by atoms with Crippen LogP contribution in [0.4, 0.5) is 0 Å². The normalized spacial score (nSPS) is 30.1. The van der Waals surface area contributed by atoms with Gasteiger partial charge in [0.1, 0.15) is 0 Å². The van der Waals surface area contributed by atoms with Crippen LogP contribution in [-0.2, 0) is 9.53 Å². The second-order valence-corrected chi connectivity index (χ2v) is 3.82. The van der Waals surface area contributed by atoms with Gasteiger partial charge in [-0.25, -0.2) is 4.79 Å². The summed E-state index contributed by atoms with van der Waals surface area (Å²) in [6, 6.07) is 0. The minimum atomic E-state index is -1.29.